The highest BCUT2D eigenvalue weighted by Gasteiger charge is 2.23. The van der Waals surface area contributed by atoms with Crippen LogP contribution in [0.4, 0.5) is 0 Å². The zero-order valence-corrected chi connectivity index (χ0v) is 15.5. The predicted molar refractivity (Wildman–Crippen MR) is 79.6 cm³/mol. The Balaban J connectivity index is 0.000000399. The molecule has 1 aliphatic carbocycles. The highest BCUT2D eigenvalue weighted by molar-refractivity contribution is 7.91. The van der Waals surface area contributed by atoms with Gasteiger partial charge in [-0.1, -0.05) is 35.2 Å². The topological polar surface area (TPSA) is 142 Å². The van der Waals surface area contributed by atoms with Crippen molar-refractivity contribution in [1.29, 1.82) is 0 Å². The molecule has 0 atom stereocenters. The predicted octanol–water partition coefficient (Wildman–Crippen LogP) is -2.77. The van der Waals surface area contributed by atoms with Gasteiger partial charge in [-0.2, -0.15) is 0 Å². The molecule has 0 saturated heterocycles. The molecule has 1 N–H and O–H groups in total. The van der Waals surface area contributed by atoms with E-state index in [4.69, 9.17) is 18.6 Å². The molecule has 25 heavy (non-hydrogen) atoms. The first kappa shape index (κ1) is 20.0. The summed E-state index contributed by atoms with van der Waals surface area (Å²) in [6.45, 7) is 0. The van der Waals surface area contributed by atoms with Gasteiger partial charge in [-0.15, -0.1) is 10.2 Å². The summed E-state index contributed by atoms with van der Waals surface area (Å²) in [6, 6.07) is 9.22. The molecule has 0 radical (unpaired) electrons. The van der Waals surface area contributed by atoms with Gasteiger partial charge >= 0.3 is 0 Å². The van der Waals surface area contributed by atoms with E-state index in [0.717, 1.165) is 18.4 Å². The second-order valence-corrected chi connectivity index (χ2v) is 8.94. The molecule has 1 aromatic carbocycles. The average molecular weight is 409 g/mol. The van der Waals surface area contributed by atoms with Gasteiger partial charge in [-0.3, -0.25) is 0 Å². The Morgan fingerprint density at radius 2 is 1.68 bits per heavy atom. The number of sulfonamides is 1. The summed E-state index contributed by atoms with van der Waals surface area (Å²) in [5.74, 6) is 0.00338. The van der Waals surface area contributed by atoms with Crippen LogP contribution in [-0.4, -0.2) is 8.42 Å². The lowest BCUT2D eigenvalue weighted by molar-refractivity contribution is -2.00. The number of rotatable bonds is 4. The molecule has 3 rings (SSSR count). The quantitative estimate of drug-likeness (QED) is 0.542. The lowest BCUT2D eigenvalue weighted by Crippen LogP contribution is -2.68. The van der Waals surface area contributed by atoms with Crippen molar-refractivity contribution in [3.8, 4) is 0 Å². The molecule has 0 amide bonds. The highest BCUT2D eigenvalue weighted by atomic mass is 35.7. The van der Waals surface area contributed by atoms with Crippen LogP contribution >= 0.6 is 11.5 Å². The highest BCUT2D eigenvalue weighted by Crippen LogP contribution is 2.22. The van der Waals surface area contributed by atoms with Crippen LogP contribution in [0.5, 0.6) is 0 Å². The largest absolute Gasteiger partial charge is 0.282 e. The van der Waals surface area contributed by atoms with E-state index in [2.05, 4.69) is 4.83 Å². The number of nitrogens with zero attached hydrogens (tertiary/aromatic N) is 1. The van der Waals surface area contributed by atoms with E-state index < -0.39 is 20.3 Å². The Morgan fingerprint density at radius 3 is 2.28 bits per heavy atom. The Hall–Kier alpha value is -1.27. The molecule has 0 fully saturated rings. The van der Waals surface area contributed by atoms with Crippen molar-refractivity contribution in [1.82, 2.24) is 0 Å². The van der Waals surface area contributed by atoms with Crippen LogP contribution in [0.15, 0.2) is 36.5 Å². The van der Waals surface area contributed by atoms with Crippen molar-refractivity contribution >= 4 is 21.6 Å². The standard InChI is InChI=1S/C14H17N2O2S2.ClHO4/c17-20(18,11-12-6-2-1-3-7-12)15-16-10-13-8-4-5-9-14(13)19-16;2-1(3,4)5/h1-3,6-7,10,15H,4-5,8-9,11H2;(H,2,3,4,5)/q+1;/p-1. The monoisotopic (exact) mass is 408 g/mol. The summed E-state index contributed by atoms with van der Waals surface area (Å²) in [5, 5.41) is 0. The van der Waals surface area contributed by atoms with Crippen molar-refractivity contribution < 1.29 is 41.4 Å². The molecule has 0 saturated carbocycles. The van der Waals surface area contributed by atoms with Gasteiger partial charge in [0, 0.05) is 5.56 Å². The Kier molecular flexibility index (Phi) is 6.74. The molecule has 0 aliphatic heterocycles. The van der Waals surface area contributed by atoms with Gasteiger partial charge in [-0.05, 0) is 35.3 Å². The number of aromatic nitrogens is 1. The van der Waals surface area contributed by atoms with E-state index in [-0.39, 0.29) is 5.75 Å². The number of hydrogen-bond acceptors (Lipinski definition) is 7. The SMILES string of the molecule is O=S(=O)(Cc1ccccc1)N[n+]1cc2c(s1)CCCC2.[O-][Cl+3]([O-])([O-])[O-]. The number of hydrogen-bond donors (Lipinski definition) is 1. The molecule has 11 heteroatoms. The third-order valence-corrected chi connectivity index (χ3v) is 5.75. The fourth-order valence-electron chi connectivity index (χ4n) is 2.44. The van der Waals surface area contributed by atoms with Gasteiger partial charge in [-0.25, -0.2) is 27.1 Å². The number of nitrogens with one attached hydrogen (secondary N) is 1. The lowest BCUT2D eigenvalue weighted by atomic mass is 10.0. The van der Waals surface area contributed by atoms with Crippen LogP contribution in [0.1, 0.15) is 28.8 Å². The molecular weight excluding hydrogens is 392 g/mol. The van der Waals surface area contributed by atoms with E-state index in [1.807, 2.05) is 36.5 Å². The summed E-state index contributed by atoms with van der Waals surface area (Å²) in [5.41, 5.74) is 2.07. The fraction of sp³-hybridized carbons (Fsp3) is 0.357. The van der Waals surface area contributed by atoms with Gasteiger partial charge in [0.15, 0.2) is 11.5 Å². The normalized spacial score (nSPS) is 14.2. The van der Waals surface area contributed by atoms with E-state index in [1.54, 1.807) is 4.07 Å². The Morgan fingerprint density at radius 1 is 1.08 bits per heavy atom. The maximum atomic E-state index is 12.2. The Bertz CT molecular complexity index is 760. The number of benzene rings is 1. The first-order valence-corrected chi connectivity index (χ1v) is 11.0. The second kappa shape index (κ2) is 8.41. The molecule has 138 valence electrons. The number of aryl methyl sites for hydroxylation is 2. The number of halogens is 1. The van der Waals surface area contributed by atoms with Gasteiger partial charge in [0.2, 0.25) is 6.20 Å². The van der Waals surface area contributed by atoms with Gasteiger partial charge in [0.25, 0.3) is 10.0 Å². The van der Waals surface area contributed by atoms with Crippen molar-refractivity contribution in [2.45, 2.75) is 31.4 Å². The third kappa shape index (κ3) is 7.65. The van der Waals surface area contributed by atoms with Crippen LogP contribution in [0, 0.1) is 10.2 Å². The van der Waals surface area contributed by atoms with Crippen molar-refractivity contribution in [2.24, 2.45) is 0 Å². The minimum absolute atomic E-state index is 0.00338. The molecule has 0 bridgehead atoms. The summed E-state index contributed by atoms with van der Waals surface area (Å²) in [6.07, 6.45) is 6.43. The minimum Gasteiger partial charge on any atom is -0.222 e. The second-order valence-electron chi connectivity index (χ2n) is 5.42. The van der Waals surface area contributed by atoms with Crippen LogP contribution in [0.3, 0.4) is 0 Å². The number of fused-ring (bicyclic) bond motifs is 1. The zero-order valence-electron chi connectivity index (χ0n) is 13.1. The summed E-state index contributed by atoms with van der Waals surface area (Å²) < 4.78 is 59.9. The molecule has 8 nitrogen and oxygen atoms in total. The van der Waals surface area contributed by atoms with E-state index >= 15 is 0 Å². The minimum atomic E-state index is -4.94. The maximum Gasteiger partial charge on any atom is 0.282 e. The summed E-state index contributed by atoms with van der Waals surface area (Å²) in [4.78, 5) is 3.94. The van der Waals surface area contributed by atoms with E-state index in [1.165, 1.54) is 34.8 Å². The van der Waals surface area contributed by atoms with Crippen molar-refractivity contribution in [3.05, 3.63) is 52.5 Å². The molecule has 1 aliphatic rings. The zero-order chi connectivity index (χ0) is 18.5. The van der Waals surface area contributed by atoms with Crippen LogP contribution < -0.4 is 27.5 Å². The van der Waals surface area contributed by atoms with Crippen LogP contribution in [0.2, 0.25) is 0 Å². The van der Waals surface area contributed by atoms with Crippen LogP contribution in [-0.2, 0) is 28.6 Å². The summed E-state index contributed by atoms with van der Waals surface area (Å²) in [7, 11) is -8.31. The van der Waals surface area contributed by atoms with E-state index in [9.17, 15) is 8.42 Å². The molecule has 0 unspecified atom stereocenters. The molecule has 1 heterocycles. The molecule has 0 spiro atoms. The third-order valence-electron chi connectivity index (χ3n) is 3.37. The van der Waals surface area contributed by atoms with E-state index in [0.29, 0.717) is 0 Å². The first-order chi connectivity index (χ1) is 11.6. The maximum absolute atomic E-state index is 12.2. The smallest absolute Gasteiger partial charge is 0.222 e. The van der Waals surface area contributed by atoms with Crippen molar-refractivity contribution in [2.75, 3.05) is 4.83 Å². The van der Waals surface area contributed by atoms with Gasteiger partial charge < -0.3 is 0 Å². The van der Waals surface area contributed by atoms with Crippen molar-refractivity contribution in [3.63, 3.8) is 0 Å². The Labute approximate surface area is 151 Å². The fourth-order valence-corrected chi connectivity index (χ4v) is 4.87. The lowest BCUT2D eigenvalue weighted by Gasteiger charge is -2.17. The molecular formula is C14H17ClN2O6S2. The van der Waals surface area contributed by atoms with Gasteiger partial charge in [0.05, 0.1) is 10.6 Å². The first-order valence-electron chi connectivity index (χ1n) is 7.32. The summed E-state index contributed by atoms with van der Waals surface area (Å²) >= 11 is 1.50. The molecule has 1 aromatic heterocycles. The van der Waals surface area contributed by atoms with Crippen LogP contribution in [0.25, 0.3) is 0 Å². The average Bonchev–Trinajstić information content (AvgIpc) is 2.87. The molecule has 2 aromatic rings. The van der Waals surface area contributed by atoms with Gasteiger partial charge in [0.1, 0.15) is 0 Å².